The van der Waals surface area contributed by atoms with Gasteiger partial charge in [0.1, 0.15) is 0 Å². The summed E-state index contributed by atoms with van der Waals surface area (Å²) >= 11 is 2.97. The maximum Gasteiger partial charge on any atom is 0.232 e. The van der Waals surface area contributed by atoms with Gasteiger partial charge in [0.05, 0.1) is 17.7 Å². The molecule has 0 aliphatic carbocycles. The van der Waals surface area contributed by atoms with Gasteiger partial charge in [0, 0.05) is 22.7 Å². The number of hydrogen-bond acceptors (Lipinski definition) is 6. The molecule has 8 heteroatoms. The van der Waals surface area contributed by atoms with Crippen molar-refractivity contribution in [2.24, 2.45) is 0 Å². The van der Waals surface area contributed by atoms with Crippen molar-refractivity contribution in [1.29, 1.82) is 0 Å². The molecule has 0 saturated carbocycles. The van der Waals surface area contributed by atoms with E-state index < -0.39 is 10.0 Å². The molecule has 0 saturated heterocycles. The van der Waals surface area contributed by atoms with Crippen LogP contribution in [0.3, 0.4) is 0 Å². The molecule has 1 aliphatic rings. The maximum absolute atomic E-state index is 12.4. The number of aromatic nitrogens is 1. The van der Waals surface area contributed by atoms with E-state index in [1.807, 2.05) is 25.3 Å². The number of nitrogens with zero attached hydrogens (tertiary/aromatic N) is 2. The van der Waals surface area contributed by atoms with Gasteiger partial charge in [-0.25, -0.2) is 13.4 Å². The summed E-state index contributed by atoms with van der Waals surface area (Å²) < 4.78 is 26.2. The molecule has 1 aromatic heterocycles. The number of hydrogen-bond donors (Lipinski definition) is 0. The van der Waals surface area contributed by atoms with Gasteiger partial charge in [-0.1, -0.05) is 11.8 Å². The van der Waals surface area contributed by atoms with E-state index in [1.54, 1.807) is 12.1 Å². The van der Waals surface area contributed by atoms with E-state index in [-0.39, 0.29) is 11.8 Å². The minimum Gasteiger partial charge on any atom is -0.293 e. The van der Waals surface area contributed by atoms with Crippen LogP contribution in [0.5, 0.6) is 0 Å². The van der Waals surface area contributed by atoms with Crippen molar-refractivity contribution >= 4 is 44.6 Å². The Kier molecular flexibility index (Phi) is 4.72. The van der Waals surface area contributed by atoms with Crippen molar-refractivity contribution in [1.82, 2.24) is 4.98 Å². The summed E-state index contributed by atoms with van der Waals surface area (Å²) in [6.07, 6.45) is 1.84. The average molecular weight is 383 g/mol. The minimum atomic E-state index is -3.30. The van der Waals surface area contributed by atoms with Crippen molar-refractivity contribution in [2.75, 3.05) is 16.3 Å². The van der Waals surface area contributed by atoms with Gasteiger partial charge in [-0.15, -0.1) is 11.3 Å². The Hall–Kier alpha value is -1.38. The van der Waals surface area contributed by atoms with Gasteiger partial charge < -0.3 is 0 Å². The quantitative estimate of drug-likeness (QED) is 0.587. The third kappa shape index (κ3) is 3.50. The number of benzene rings is 1. The predicted octanol–water partition coefficient (Wildman–Crippen LogP) is 3.14. The van der Waals surface area contributed by atoms with E-state index in [0.29, 0.717) is 23.4 Å². The van der Waals surface area contributed by atoms with Gasteiger partial charge in [-0.2, -0.15) is 0 Å². The van der Waals surface area contributed by atoms with Crippen LogP contribution in [0.2, 0.25) is 0 Å². The number of sulfonamides is 1. The van der Waals surface area contributed by atoms with E-state index in [4.69, 9.17) is 0 Å². The Labute approximate surface area is 150 Å². The van der Waals surface area contributed by atoms with Gasteiger partial charge in [0.15, 0.2) is 10.1 Å². The zero-order valence-corrected chi connectivity index (χ0v) is 16.1. The third-order valence-electron chi connectivity index (χ3n) is 3.84. The second-order valence-corrected chi connectivity index (χ2v) is 9.86. The molecule has 0 radical (unpaired) electrons. The molecular weight excluding hydrogens is 364 g/mol. The van der Waals surface area contributed by atoms with Crippen molar-refractivity contribution in [3.63, 3.8) is 0 Å². The van der Waals surface area contributed by atoms with Gasteiger partial charge in [0.25, 0.3) is 0 Å². The Bertz CT molecular complexity index is 890. The first-order valence-electron chi connectivity index (χ1n) is 7.46. The molecule has 0 bridgehead atoms. The number of ketones is 1. The normalized spacial score (nSPS) is 17.1. The zero-order chi connectivity index (χ0) is 17.5. The molecule has 3 rings (SSSR count). The Morgan fingerprint density at radius 2 is 2.21 bits per heavy atom. The Morgan fingerprint density at radius 3 is 2.83 bits per heavy atom. The van der Waals surface area contributed by atoms with Crippen molar-refractivity contribution < 1.29 is 13.2 Å². The van der Waals surface area contributed by atoms with Crippen LogP contribution in [0.1, 0.15) is 28.5 Å². The lowest BCUT2D eigenvalue weighted by atomic mass is 10.0. The van der Waals surface area contributed by atoms with Gasteiger partial charge in [-0.3, -0.25) is 9.10 Å². The number of rotatable bonds is 5. The van der Waals surface area contributed by atoms with E-state index >= 15 is 0 Å². The molecule has 5 nitrogen and oxygen atoms in total. The SMILES string of the molecule is Cc1csc(SCC(=O)c2ccc3c(c2)C[C@H](C)N3S(C)(=O)=O)n1. The third-order valence-corrected chi connectivity index (χ3v) is 7.25. The van der Waals surface area contributed by atoms with Crippen LogP contribution >= 0.6 is 23.1 Å². The highest BCUT2D eigenvalue weighted by Crippen LogP contribution is 2.35. The molecule has 2 aromatic rings. The second-order valence-electron chi connectivity index (χ2n) is 5.92. The number of carbonyl (C=O) groups is 1. The number of thiazole rings is 1. The molecule has 0 N–H and O–H groups in total. The number of aryl methyl sites for hydroxylation is 1. The molecule has 2 heterocycles. The standard InChI is InChI=1S/C16H18N2O3S3/c1-10-8-22-16(17-10)23-9-15(19)12-4-5-14-13(7-12)6-11(2)18(14)24(3,20)21/h4-5,7-8,11H,6,9H2,1-3H3/t11-/m0/s1. The van der Waals surface area contributed by atoms with E-state index in [0.717, 1.165) is 15.6 Å². The van der Waals surface area contributed by atoms with Crippen molar-refractivity contribution in [3.8, 4) is 0 Å². The monoisotopic (exact) mass is 382 g/mol. The summed E-state index contributed by atoms with van der Waals surface area (Å²) in [6, 6.07) is 5.16. The number of Topliss-reactive ketones (excluding diaryl/α,β-unsaturated/α-hetero) is 1. The summed E-state index contributed by atoms with van der Waals surface area (Å²) in [6.45, 7) is 3.81. The summed E-state index contributed by atoms with van der Waals surface area (Å²) in [5, 5.41) is 1.96. The fraction of sp³-hybridized carbons (Fsp3) is 0.375. The van der Waals surface area contributed by atoms with Crippen LogP contribution in [0.15, 0.2) is 27.9 Å². The van der Waals surface area contributed by atoms with E-state index in [1.165, 1.54) is 33.7 Å². The van der Waals surface area contributed by atoms with Gasteiger partial charge >= 0.3 is 0 Å². The molecule has 1 aromatic carbocycles. The topological polar surface area (TPSA) is 67.3 Å². The number of thioether (sulfide) groups is 1. The number of fused-ring (bicyclic) bond motifs is 1. The average Bonchev–Trinajstić information content (AvgIpc) is 3.05. The highest BCUT2D eigenvalue weighted by atomic mass is 32.2. The molecule has 24 heavy (non-hydrogen) atoms. The lowest BCUT2D eigenvalue weighted by Crippen LogP contribution is -2.34. The largest absolute Gasteiger partial charge is 0.293 e. The minimum absolute atomic E-state index is 0.0288. The second kappa shape index (κ2) is 6.50. The Morgan fingerprint density at radius 1 is 1.46 bits per heavy atom. The van der Waals surface area contributed by atoms with Crippen molar-refractivity contribution in [2.45, 2.75) is 30.6 Å². The molecule has 0 unspecified atom stereocenters. The fourth-order valence-corrected chi connectivity index (χ4v) is 5.90. The van der Waals surface area contributed by atoms with Crippen LogP contribution < -0.4 is 4.31 Å². The molecule has 1 atom stereocenters. The lowest BCUT2D eigenvalue weighted by Gasteiger charge is -2.21. The molecule has 0 spiro atoms. The molecular formula is C16H18N2O3S3. The van der Waals surface area contributed by atoms with Crippen LogP contribution in [0, 0.1) is 6.92 Å². The smallest absolute Gasteiger partial charge is 0.232 e. The van der Waals surface area contributed by atoms with Crippen LogP contribution in [0.4, 0.5) is 5.69 Å². The van der Waals surface area contributed by atoms with Gasteiger partial charge in [-0.05, 0) is 44.0 Å². The van der Waals surface area contributed by atoms with Crippen LogP contribution in [0.25, 0.3) is 0 Å². The summed E-state index contributed by atoms with van der Waals surface area (Å²) in [5.41, 5.74) is 3.18. The zero-order valence-electron chi connectivity index (χ0n) is 13.6. The highest BCUT2D eigenvalue weighted by molar-refractivity contribution is 8.01. The van der Waals surface area contributed by atoms with Gasteiger partial charge in [0.2, 0.25) is 10.0 Å². The summed E-state index contributed by atoms with van der Waals surface area (Å²) in [4.78, 5) is 16.7. The maximum atomic E-state index is 12.4. The van der Waals surface area contributed by atoms with Crippen LogP contribution in [-0.4, -0.2) is 37.2 Å². The summed E-state index contributed by atoms with van der Waals surface area (Å²) in [7, 11) is -3.30. The number of carbonyl (C=O) groups excluding carboxylic acids is 1. The lowest BCUT2D eigenvalue weighted by molar-refractivity contribution is 0.102. The first-order chi connectivity index (χ1) is 11.3. The highest BCUT2D eigenvalue weighted by Gasteiger charge is 2.32. The van der Waals surface area contributed by atoms with E-state index in [2.05, 4.69) is 4.98 Å². The molecule has 1 aliphatic heterocycles. The van der Waals surface area contributed by atoms with Crippen molar-refractivity contribution in [3.05, 3.63) is 40.4 Å². The number of anilines is 1. The molecule has 128 valence electrons. The Balaban J connectivity index is 1.77. The first kappa shape index (κ1) is 17.4. The first-order valence-corrected chi connectivity index (χ1v) is 11.2. The van der Waals surface area contributed by atoms with Crippen LogP contribution in [-0.2, 0) is 16.4 Å². The predicted molar refractivity (Wildman–Crippen MR) is 98.8 cm³/mol. The van der Waals surface area contributed by atoms with E-state index in [9.17, 15) is 13.2 Å². The molecule has 0 amide bonds. The fourth-order valence-electron chi connectivity index (χ4n) is 2.89. The summed E-state index contributed by atoms with van der Waals surface area (Å²) in [5.74, 6) is 0.359. The molecule has 0 fully saturated rings.